The van der Waals surface area contributed by atoms with Crippen LogP contribution in [0.1, 0.15) is 30.9 Å². The minimum absolute atomic E-state index is 0.500. The summed E-state index contributed by atoms with van der Waals surface area (Å²) in [5.41, 5.74) is 2.82. The molecule has 1 atom stereocenters. The molecule has 0 saturated carbocycles. The summed E-state index contributed by atoms with van der Waals surface area (Å²) in [6.07, 6.45) is 1.08. The highest BCUT2D eigenvalue weighted by molar-refractivity contribution is 7.99. The second-order valence-corrected chi connectivity index (χ2v) is 6.80. The largest absolute Gasteiger partial charge is 0.316 e. The molecule has 0 heterocycles. The van der Waals surface area contributed by atoms with Gasteiger partial charge in [-0.05, 0) is 42.6 Å². The van der Waals surface area contributed by atoms with Crippen molar-refractivity contribution in [2.45, 2.75) is 37.1 Å². The van der Waals surface area contributed by atoms with E-state index in [0.717, 1.165) is 12.2 Å². The predicted molar refractivity (Wildman–Crippen MR) is 94.2 cm³/mol. The van der Waals surface area contributed by atoms with Crippen molar-refractivity contribution in [1.29, 1.82) is 0 Å². The highest BCUT2D eigenvalue weighted by Gasteiger charge is 2.08. The zero-order valence-electron chi connectivity index (χ0n) is 13.2. The summed E-state index contributed by atoms with van der Waals surface area (Å²) >= 11 is 1.92. The molecule has 112 valence electrons. The Labute approximate surface area is 133 Å². The van der Waals surface area contributed by atoms with E-state index in [4.69, 9.17) is 0 Å². The van der Waals surface area contributed by atoms with E-state index in [1.165, 1.54) is 16.0 Å². The summed E-state index contributed by atoms with van der Waals surface area (Å²) in [6.45, 7) is 4.48. The summed E-state index contributed by atoms with van der Waals surface area (Å²) < 4.78 is 0. The van der Waals surface area contributed by atoms with Gasteiger partial charge in [-0.3, -0.25) is 0 Å². The molecule has 0 aliphatic heterocycles. The Bertz CT molecular complexity index is 519. The fraction of sp³-hybridized carbons (Fsp3) is 0.368. The van der Waals surface area contributed by atoms with Crippen molar-refractivity contribution in [3.8, 4) is 0 Å². The van der Waals surface area contributed by atoms with Gasteiger partial charge in [0.15, 0.2) is 0 Å². The third kappa shape index (κ3) is 5.22. The second kappa shape index (κ2) is 8.26. The van der Waals surface area contributed by atoms with Gasteiger partial charge in [-0.1, -0.05) is 56.3 Å². The van der Waals surface area contributed by atoms with Crippen LogP contribution in [0.5, 0.6) is 0 Å². The predicted octanol–water partition coefficient (Wildman–Crippen LogP) is 4.73. The topological polar surface area (TPSA) is 12.0 Å². The maximum atomic E-state index is 3.44. The minimum Gasteiger partial charge on any atom is -0.316 e. The lowest BCUT2D eigenvalue weighted by molar-refractivity contribution is 0.617. The van der Waals surface area contributed by atoms with Crippen molar-refractivity contribution in [3.05, 3.63) is 65.7 Å². The molecule has 21 heavy (non-hydrogen) atoms. The first kappa shape index (κ1) is 16.1. The summed E-state index contributed by atoms with van der Waals surface area (Å²) in [5, 5.41) is 3.44. The Morgan fingerprint density at radius 2 is 1.62 bits per heavy atom. The van der Waals surface area contributed by atoms with Crippen LogP contribution in [0.3, 0.4) is 0 Å². The fourth-order valence-corrected chi connectivity index (χ4v) is 3.31. The molecule has 2 rings (SSSR count). The van der Waals surface area contributed by atoms with Gasteiger partial charge in [0.05, 0.1) is 0 Å². The van der Waals surface area contributed by atoms with Gasteiger partial charge in [-0.2, -0.15) is 0 Å². The van der Waals surface area contributed by atoms with Crippen LogP contribution in [0.15, 0.2) is 59.5 Å². The first-order valence-electron chi connectivity index (χ1n) is 7.63. The van der Waals surface area contributed by atoms with E-state index in [0.29, 0.717) is 12.0 Å². The quantitative estimate of drug-likeness (QED) is 0.742. The molecule has 0 aliphatic carbocycles. The van der Waals surface area contributed by atoms with Gasteiger partial charge in [0.2, 0.25) is 0 Å². The van der Waals surface area contributed by atoms with Gasteiger partial charge in [0, 0.05) is 16.7 Å². The van der Waals surface area contributed by atoms with Gasteiger partial charge in [-0.25, -0.2) is 0 Å². The van der Waals surface area contributed by atoms with E-state index in [2.05, 4.69) is 80.8 Å². The number of hydrogen-bond donors (Lipinski definition) is 1. The lowest BCUT2D eigenvalue weighted by Crippen LogP contribution is -2.30. The molecule has 0 fully saturated rings. The molecule has 0 aromatic heterocycles. The van der Waals surface area contributed by atoms with Crippen LogP contribution in [0.2, 0.25) is 0 Å². The number of benzene rings is 2. The molecule has 0 amide bonds. The average Bonchev–Trinajstić information content (AvgIpc) is 2.53. The van der Waals surface area contributed by atoms with Crippen molar-refractivity contribution >= 4 is 11.8 Å². The third-order valence-electron chi connectivity index (χ3n) is 3.73. The van der Waals surface area contributed by atoms with E-state index in [9.17, 15) is 0 Å². The first-order valence-corrected chi connectivity index (χ1v) is 8.61. The summed E-state index contributed by atoms with van der Waals surface area (Å²) in [7, 11) is 2.05. The second-order valence-electron chi connectivity index (χ2n) is 5.71. The Hall–Kier alpha value is -1.25. The SMILES string of the molecule is CNC(CSc1ccccc1)Cc1ccc(C(C)C)cc1. The molecule has 2 aromatic rings. The van der Waals surface area contributed by atoms with Crippen LogP contribution in [0, 0.1) is 0 Å². The molecule has 0 spiro atoms. The Kier molecular flexibility index (Phi) is 6.34. The van der Waals surface area contributed by atoms with E-state index >= 15 is 0 Å². The van der Waals surface area contributed by atoms with Crippen molar-refractivity contribution in [1.82, 2.24) is 5.32 Å². The van der Waals surface area contributed by atoms with Gasteiger partial charge in [0.1, 0.15) is 0 Å². The summed E-state index contributed by atoms with van der Waals surface area (Å²) in [4.78, 5) is 1.34. The molecule has 1 unspecified atom stereocenters. The molecule has 0 radical (unpaired) electrons. The molecule has 0 aliphatic rings. The summed E-state index contributed by atoms with van der Waals surface area (Å²) in [5.74, 6) is 1.69. The normalized spacial score (nSPS) is 12.6. The minimum atomic E-state index is 0.500. The van der Waals surface area contributed by atoms with Gasteiger partial charge in [-0.15, -0.1) is 11.8 Å². The van der Waals surface area contributed by atoms with Crippen LogP contribution >= 0.6 is 11.8 Å². The maximum absolute atomic E-state index is 3.44. The lowest BCUT2D eigenvalue weighted by atomic mass is 9.99. The monoisotopic (exact) mass is 299 g/mol. The van der Waals surface area contributed by atoms with Gasteiger partial charge >= 0.3 is 0 Å². The van der Waals surface area contributed by atoms with Crippen LogP contribution in [0.4, 0.5) is 0 Å². The third-order valence-corrected chi connectivity index (χ3v) is 4.91. The zero-order chi connectivity index (χ0) is 15.1. The van der Waals surface area contributed by atoms with Crippen molar-refractivity contribution in [2.24, 2.45) is 0 Å². The molecule has 2 heteroatoms. The Balaban J connectivity index is 1.89. The maximum Gasteiger partial charge on any atom is 0.0199 e. The number of rotatable bonds is 7. The van der Waals surface area contributed by atoms with E-state index < -0.39 is 0 Å². The van der Waals surface area contributed by atoms with Gasteiger partial charge < -0.3 is 5.32 Å². The van der Waals surface area contributed by atoms with Crippen molar-refractivity contribution in [2.75, 3.05) is 12.8 Å². The molecule has 0 bridgehead atoms. The Morgan fingerprint density at radius 3 is 2.19 bits per heavy atom. The number of hydrogen-bond acceptors (Lipinski definition) is 2. The molecule has 0 saturated heterocycles. The van der Waals surface area contributed by atoms with Crippen LogP contribution in [-0.4, -0.2) is 18.8 Å². The molecule has 1 N–H and O–H groups in total. The number of nitrogens with one attached hydrogen (secondary N) is 1. The highest BCUT2D eigenvalue weighted by Crippen LogP contribution is 2.20. The van der Waals surface area contributed by atoms with Gasteiger partial charge in [0.25, 0.3) is 0 Å². The molecular formula is C19H25NS. The van der Waals surface area contributed by atoms with Crippen LogP contribution < -0.4 is 5.32 Å². The molecule has 2 aromatic carbocycles. The van der Waals surface area contributed by atoms with Crippen molar-refractivity contribution < 1.29 is 0 Å². The zero-order valence-corrected chi connectivity index (χ0v) is 14.0. The smallest absolute Gasteiger partial charge is 0.0199 e. The lowest BCUT2D eigenvalue weighted by Gasteiger charge is -2.16. The molecule has 1 nitrogen and oxygen atoms in total. The van der Waals surface area contributed by atoms with E-state index in [-0.39, 0.29) is 0 Å². The Morgan fingerprint density at radius 1 is 0.952 bits per heavy atom. The first-order chi connectivity index (χ1) is 10.2. The van der Waals surface area contributed by atoms with Crippen LogP contribution in [-0.2, 0) is 6.42 Å². The van der Waals surface area contributed by atoms with E-state index in [1.807, 2.05) is 11.8 Å². The fourth-order valence-electron chi connectivity index (χ4n) is 2.28. The van der Waals surface area contributed by atoms with Crippen molar-refractivity contribution in [3.63, 3.8) is 0 Å². The number of likely N-dealkylation sites (N-methyl/N-ethyl adjacent to an activating group) is 1. The highest BCUT2D eigenvalue weighted by atomic mass is 32.2. The average molecular weight is 299 g/mol. The number of thioether (sulfide) groups is 1. The standard InChI is InChI=1S/C19H25NS/c1-15(2)17-11-9-16(10-12-17)13-18(20-3)14-21-19-7-5-4-6-8-19/h4-12,15,18,20H,13-14H2,1-3H3. The molecular weight excluding hydrogens is 274 g/mol. The summed E-state index contributed by atoms with van der Waals surface area (Å²) in [6, 6.07) is 20.2. The van der Waals surface area contributed by atoms with Crippen LogP contribution in [0.25, 0.3) is 0 Å². The van der Waals surface area contributed by atoms with E-state index in [1.54, 1.807) is 0 Å².